The van der Waals surface area contributed by atoms with Crippen molar-refractivity contribution >= 4 is 50.5 Å². The molecule has 90 valence electrons. The van der Waals surface area contributed by atoms with E-state index in [4.69, 9.17) is 23.2 Å². The molecule has 0 radical (unpaired) electrons. The van der Waals surface area contributed by atoms with Crippen molar-refractivity contribution in [3.05, 3.63) is 55.7 Å². The summed E-state index contributed by atoms with van der Waals surface area (Å²) in [4.78, 5) is -0.519. The first-order valence-corrected chi connectivity index (χ1v) is 7.02. The fraction of sp³-hybridized carbons (Fsp3) is 0.0909. The van der Waals surface area contributed by atoms with E-state index in [9.17, 15) is 8.78 Å². The summed E-state index contributed by atoms with van der Waals surface area (Å²) in [5.41, 5.74) is 0.826. The monoisotopic (exact) mass is 356 g/mol. The van der Waals surface area contributed by atoms with Gasteiger partial charge in [0.05, 0.1) is 13.5 Å². The number of rotatable bonds is 2. The Balaban J connectivity index is 2.47. The molecule has 0 aliphatic heterocycles. The fourth-order valence-corrected chi connectivity index (χ4v) is 3.94. The minimum Gasteiger partial charge on any atom is -0.204 e. The van der Waals surface area contributed by atoms with Gasteiger partial charge in [0.15, 0.2) is 11.6 Å². The molecular weight excluding hydrogens is 353 g/mol. The molecule has 1 unspecified atom stereocenters. The van der Waals surface area contributed by atoms with E-state index in [0.717, 1.165) is 6.07 Å². The molecular formula is C11H5BrCl2F2S. The predicted molar refractivity (Wildman–Crippen MR) is 71.5 cm³/mol. The van der Waals surface area contributed by atoms with Crippen molar-refractivity contribution in [2.75, 3.05) is 0 Å². The third-order valence-electron chi connectivity index (χ3n) is 2.21. The maximum atomic E-state index is 13.6. The standard InChI is InChI=1S/C11H5BrCl2F2S/c12-9(6-4-8(13)17-11(6)14)5-2-1-3-7(15)10(5)16/h1-4,9H. The van der Waals surface area contributed by atoms with Crippen LogP contribution in [0.15, 0.2) is 24.3 Å². The molecule has 2 aromatic rings. The zero-order valence-electron chi connectivity index (χ0n) is 8.18. The maximum absolute atomic E-state index is 13.6. The van der Waals surface area contributed by atoms with Crippen LogP contribution < -0.4 is 0 Å². The zero-order valence-corrected chi connectivity index (χ0v) is 12.1. The minimum absolute atomic E-state index is 0.196. The van der Waals surface area contributed by atoms with Gasteiger partial charge >= 0.3 is 0 Å². The molecule has 0 N–H and O–H groups in total. The molecule has 0 saturated carbocycles. The number of hydrogen-bond acceptors (Lipinski definition) is 1. The second-order valence-electron chi connectivity index (χ2n) is 3.29. The lowest BCUT2D eigenvalue weighted by Crippen LogP contribution is -1.98. The van der Waals surface area contributed by atoms with Crippen molar-refractivity contribution in [1.82, 2.24) is 0 Å². The number of thiophene rings is 1. The van der Waals surface area contributed by atoms with Gasteiger partial charge in [0, 0.05) is 11.1 Å². The molecule has 0 amide bonds. The van der Waals surface area contributed by atoms with Crippen molar-refractivity contribution in [2.45, 2.75) is 4.83 Å². The number of benzene rings is 1. The second kappa shape index (κ2) is 5.22. The van der Waals surface area contributed by atoms with Crippen molar-refractivity contribution in [3.63, 3.8) is 0 Å². The molecule has 1 aromatic heterocycles. The summed E-state index contributed by atoms with van der Waals surface area (Å²) < 4.78 is 27.7. The van der Waals surface area contributed by atoms with Crippen LogP contribution in [0.4, 0.5) is 8.78 Å². The second-order valence-corrected chi connectivity index (χ2v) is 6.49. The Hall–Kier alpha value is -0.160. The van der Waals surface area contributed by atoms with Gasteiger partial charge in [-0.25, -0.2) is 8.78 Å². The summed E-state index contributed by atoms with van der Waals surface area (Å²) in [7, 11) is 0. The van der Waals surface area contributed by atoms with Crippen molar-refractivity contribution < 1.29 is 8.78 Å². The first kappa shape index (κ1) is 13.3. The quantitative estimate of drug-likeness (QED) is 0.594. The molecule has 0 nitrogen and oxygen atoms in total. The molecule has 0 aliphatic rings. The van der Waals surface area contributed by atoms with Crippen LogP contribution in [0.3, 0.4) is 0 Å². The molecule has 17 heavy (non-hydrogen) atoms. The van der Waals surface area contributed by atoms with Crippen molar-refractivity contribution in [2.24, 2.45) is 0 Å². The molecule has 0 bridgehead atoms. The molecule has 2 rings (SSSR count). The molecule has 0 aliphatic carbocycles. The van der Waals surface area contributed by atoms with E-state index in [0.29, 0.717) is 14.2 Å². The van der Waals surface area contributed by atoms with Crippen LogP contribution in [0, 0.1) is 11.6 Å². The Labute approximate surface area is 119 Å². The van der Waals surface area contributed by atoms with Crippen LogP contribution in [0.25, 0.3) is 0 Å². The molecule has 1 heterocycles. The van der Waals surface area contributed by atoms with Gasteiger partial charge in [-0.15, -0.1) is 11.3 Å². The minimum atomic E-state index is -0.885. The smallest absolute Gasteiger partial charge is 0.163 e. The van der Waals surface area contributed by atoms with Gasteiger partial charge in [-0.1, -0.05) is 51.3 Å². The van der Waals surface area contributed by atoms with E-state index in [-0.39, 0.29) is 5.56 Å². The maximum Gasteiger partial charge on any atom is 0.163 e. The molecule has 0 saturated heterocycles. The van der Waals surface area contributed by atoms with E-state index in [1.165, 1.54) is 23.5 Å². The normalized spacial score (nSPS) is 12.8. The Morgan fingerprint density at radius 2 is 1.88 bits per heavy atom. The highest BCUT2D eigenvalue weighted by atomic mass is 79.9. The summed E-state index contributed by atoms with van der Waals surface area (Å²) in [6.45, 7) is 0. The molecule has 0 fully saturated rings. The van der Waals surface area contributed by atoms with Crippen LogP contribution in [0.2, 0.25) is 8.67 Å². The summed E-state index contributed by atoms with van der Waals surface area (Å²) in [5, 5.41) is 0. The van der Waals surface area contributed by atoms with Crippen LogP contribution >= 0.6 is 50.5 Å². The van der Waals surface area contributed by atoms with Crippen LogP contribution in [-0.2, 0) is 0 Å². The number of halogens is 5. The topological polar surface area (TPSA) is 0 Å². The molecule has 1 atom stereocenters. The lowest BCUT2D eigenvalue weighted by Gasteiger charge is -2.10. The lowest BCUT2D eigenvalue weighted by molar-refractivity contribution is 0.500. The van der Waals surface area contributed by atoms with Gasteiger partial charge in [0.2, 0.25) is 0 Å². The third kappa shape index (κ3) is 2.65. The van der Waals surface area contributed by atoms with Crippen molar-refractivity contribution in [3.8, 4) is 0 Å². The van der Waals surface area contributed by atoms with Gasteiger partial charge < -0.3 is 0 Å². The van der Waals surface area contributed by atoms with Crippen molar-refractivity contribution in [1.29, 1.82) is 0 Å². The highest BCUT2D eigenvalue weighted by Crippen LogP contribution is 2.42. The highest BCUT2D eigenvalue weighted by molar-refractivity contribution is 9.09. The van der Waals surface area contributed by atoms with E-state index < -0.39 is 16.5 Å². The van der Waals surface area contributed by atoms with Gasteiger partial charge in [0.25, 0.3) is 0 Å². The average Bonchev–Trinajstić information content (AvgIpc) is 2.61. The number of alkyl halides is 1. The Morgan fingerprint density at radius 1 is 1.18 bits per heavy atom. The SMILES string of the molecule is Fc1cccc(C(Br)c2cc(Cl)sc2Cl)c1F. The van der Waals surface area contributed by atoms with E-state index in [1.54, 1.807) is 6.07 Å². The van der Waals surface area contributed by atoms with Crippen LogP contribution in [-0.4, -0.2) is 0 Å². The van der Waals surface area contributed by atoms with Gasteiger partial charge in [-0.2, -0.15) is 0 Å². The summed E-state index contributed by atoms with van der Waals surface area (Å²) in [6, 6.07) is 5.66. The van der Waals surface area contributed by atoms with Gasteiger partial charge in [0.1, 0.15) is 0 Å². The Morgan fingerprint density at radius 3 is 2.47 bits per heavy atom. The first-order valence-electron chi connectivity index (χ1n) is 4.53. The van der Waals surface area contributed by atoms with E-state index in [2.05, 4.69) is 15.9 Å². The fourth-order valence-electron chi connectivity index (χ4n) is 1.41. The van der Waals surface area contributed by atoms with Gasteiger partial charge in [-0.05, 0) is 12.1 Å². The van der Waals surface area contributed by atoms with Gasteiger partial charge in [-0.3, -0.25) is 0 Å². The summed E-state index contributed by atoms with van der Waals surface area (Å²) in [6.07, 6.45) is 0. The average molecular weight is 358 g/mol. The van der Waals surface area contributed by atoms with Crippen LogP contribution in [0.5, 0.6) is 0 Å². The lowest BCUT2D eigenvalue weighted by atomic mass is 10.1. The molecule has 0 spiro atoms. The largest absolute Gasteiger partial charge is 0.204 e. The predicted octanol–water partition coefficient (Wildman–Crippen LogP) is 5.82. The summed E-state index contributed by atoms with van der Waals surface area (Å²) >= 11 is 16.3. The Kier molecular flexibility index (Phi) is 4.08. The third-order valence-corrected chi connectivity index (χ3v) is 4.72. The van der Waals surface area contributed by atoms with E-state index in [1.807, 2.05) is 0 Å². The first-order chi connectivity index (χ1) is 8.00. The summed E-state index contributed by atoms with van der Waals surface area (Å²) in [5.74, 6) is -1.77. The van der Waals surface area contributed by atoms with E-state index >= 15 is 0 Å². The highest BCUT2D eigenvalue weighted by Gasteiger charge is 2.21. The zero-order chi connectivity index (χ0) is 12.6. The molecule has 1 aromatic carbocycles. The van der Waals surface area contributed by atoms with Crippen LogP contribution in [0.1, 0.15) is 16.0 Å². The molecule has 6 heteroatoms. The Bertz CT molecular complexity index is 556. The number of hydrogen-bond donors (Lipinski definition) is 0.